The summed E-state index contributed by atoms with van der Waals surface area (Å²) in [5.74, 6) is -0.554. The van der Waals surface area contributed by atoms with Gasteiger partial charge in [0.25, 0.3) is 5.91 Å². The molecule has 2 rings (SSSR count). The highest BCUT2D eigenvalue weighted by Crippen LogP contribution is 2.28. The smallest absolute Gasteiger partial charge is 0.300 e. The monoisotopic (exact) mass is 311 g/mol. The third-order valence-corrected chi connectivity index (χ3v) is 3.85. The molecule has 1 aromatic heterocycles. The van der Waals surface area contributed by atoms with Crippen molar-refractivity contribution < 1.29 is 9.72 Å². The van der Waals surface area contributed by atoms with Crippen LogP contribution >= 0.6 is 22.9 Å². The number of nitro benzene ring substituents is 1. The fourth-order valence-corrected chi connectivity index (χ4v) is 2.56. The normalized spacial score (nSPS) is 11.9. The van der Waals surface area contributed by atoms with Crippen LogP contribution in [0, 0.1) is 10.1 Å². The van der Waals surface area contributed by atoms with Gasteiger partial charge in [-0.25, -0.2) is 4.98 Å². The number of hydrogen-bond acceptors (Lipinski definition) is 5. The third kappa shape index (κ3) is 2.94. The van der Waals surface area contributed by atoms with Crippen molar-refractivity contribution >= 4 is 34.5 Å². The maximum absolute atomic E-state index is 12.1. The standard InChI is InChI=1S/C12H10ClN3O3S/c1-7(12-14-5-6-20-12)15-11(17)8-3-2-4-9(13)10(8)16(18)19/h2-7H,1H3,(H,15,17). The predicted molar refractivity (Wildman–Crippen MR) is 76.1 cm³/mol. The summed E-state index contributed by atoms with van der Waals surface area (Å²) < 4.78 is 0. The molecule has 0 aliphatic heterocycles. The van der Waals surface area contributed by atoms with Crippen molar-refractivity contribution in [1.29, 1.82) is 0 Å². The van der Waals surface area contributed by atoms with E-state index in [0.717, 1.165) is 5.01 Å². The second-order valence-corrected chi connectivity index (χ2v) is 5.29. The number of amides is 1. The van der Waals surface area contributed by atoms with Gasteiger partial charge in [0.1, 0.15) is 15.6 Å². The largest absolute Gasteiger partial charge is 0.343 e. The molecule has 1 aromatic carbocycles. The number of para-hydroxylation sites is 1. The Morgan fingerprint density at radius 2 is 2.30 bits per heavy atom. The fraction of sp³-hybridized carbons (Fsp3) is 0.167. The lowest BCUT2D eigenvalue weighted by Crippen LogP contribution is -2.27. The molecule has 0 fully saturated rings. The molecule has 104 valence electrons. The van der Waals surface area contributed by atoms with Gasteiger partial charge in [-0.2, -0.15) is 0 Å². The maximum Gasteiger partial charge on any atom is 0.300 e. The van der Waals surface area contributed by atoms with Crippen LogP contribution in [0.1, 0.15) is 28.3 Å². The molecule has 1 atom stereocenters. The number of halogens is 1. The van der Waals surface area contributed by atoms with Crippen molar-refractivity contribution in [3.8, 4) is 0 Å². The summed E-state index contributed by atoms with van der Waals surface area (Å²) in [6, 6.07) is 3.91. The Labute approximate surface area is 123 Å². The van der Waals surface area contributed by atoms with Gasteiger partial charge in [-0.15, -0.1) is 11.3 Å². The van der Waals surface area contributed by atoms with Crippen LogP contribution < -0.4 is 5.32 Å². The number of aromatic nitrogens is 1. The summed E-state index contributed by atoms with van der Waals surface area (Å²) in [5.41, 5.74) is -0.455. The molecule has 1 amide bonds. The molecule has 0 saturated heterocycles. The molecule has 0 saturated carbocycles. The average Bonchev–Trinajstić information content (AvgIpc) is 2.91. The number of nitro groups is 1. The van der Waals surface area contributed by atoms with Gasteiger partial charge in [0.05, 0.1) is 11.0 Å². The molecule has 1 unspecified atom stereocenters. The number of carbonyl (C=O) groups excluding carboxylic acids is 1. The Bertz CT molecular complexity index is 645. The number of hydrogen-bond donors (Lipinski definition) is 1. The SMILES string of the molecule is CC(NC(=O)c1cccc(Cl)c1[N+](=O)[O-])c1nccs1. The minimum Gasteiger partial charge on any atom is -0.343 e. The van der Waals surface area contributed by atoms with E-state index in [-0.39, 0.29) is 16.6 Å². The zero-order valence-electron chi connectivity index (χ0n) is 10.4. The van der Waals surface area contributed by atoms with Crippen molar-refractivity contribution in [2.45, 2.75) is 13.0 Å². The molecule has 0 aliphatic rings. The van der Waals surface area contributed by atoms with Crippen molar-refractivity contribution in [2.24, 2.45) is 0 Å². The Hall–Kier alpha value is -1.99. The van der Waals surface area contributed by atoms with E-state index in [1.807, 2.05) is 0 Å². The Kier molecular flexibility index (Phi) is 4.31. The van der Waals surface area contributed by atoms with Gasteiger partial charge >= 0.3 is 5.69 Å². The van der Waals surface area contributed by atoms with Gasteiger partial charge in [0, 0.05) is 11.6 Å². The van der Waals surface area contributed by atoms with Gasteiger partial charge in [0.2, 0.25) is 0 Å². The Morgan fingerprint density at radius 3 is 2.90 bits per heavy atom. The number of carbonyl (C=O) groups is 1. The molecule has 1 N–H and O–H groups in total. The van der Waals surface area contributed by atoms with Gasteiger partial charge in [-0.3, -0.25) is 14.9 Å². The van der Waals surface area contributed by atoms with E-state index in [9.17, 15) is 14.9 Å². The van der Waals surface area contributed by atoms with Crippen LogP contribution in [0.2, 0.25) is 5.02 Å². The second-order valence-electron chi connectivity index (χ2n) is 3.96. The third-order valence-electron chi connectivity index (χ3n) is 2.58. The highest BCUT2D eigenvalue weighted by Gasteiger charge is 2.24. The van der Waals surface area contributed by atoms with E-state index < -0.39 is 16.5 Å². The van der Waals surface area contributed by atoms with E-state index in [1.165, 1.54) is 29.5 Å². The van der Waals surface area contributed by atoms with Crippen molar-refractivity contribution in [3.05, 3.63) is 55.5 Å². The van der Waals surface area contributed by atoms with Crippen LogP contribution in [0.25, 0.3) is 0 Å². The summed E-state index contributed by atoms with van der Waals surface area (Å²) in [6.07, 6.45) is 1.63. The predicted octanol–water partition coefficient (Wildman–Crippen LogP) is 3.20. The molecular formula is C12H10ClN3O3S. The molecule has 8 heteroatoms. The lowest BCUT2D eigenvalue weighted by molar-refractivity contribution is -0.385. The van der Waals surface area contributed by atoms with E-state index >= 15 is 0 Å². The number of nitrogens with zero attached hydrogens (tertiary/aromatic N) is 2. The molecule has 1 heterocycles. The zero-order chi connectivity index (χ0) is 14.7. The van der Waals surface area contributed by atoms with E-state index in [2.05, 4.69) is 10.3 Å². The first-order valence-electron chi connectivity index (χ1n) is 5.64. The molecule has 0 bridgehead atoms. The minimum atomic E-state index is -0.661. The van der Waals surface area contributed by atoms with Gasteiger partial charge < -0.3 is 5.32 Å². The summed E-state index contributed by atoms with van der Waals surface area (Å²) in [7, 11) is 0. The molecule has 0 radical (unpaired) electrons. The van der Waals surface area contributed by atoms with Crippen molar-refractivity contribution in [3.63, 3.8) is 0 Å². The first-order chi connectivity index (χ1) is 9.50. The summed E-state index contributed by atoms with van der Waals surface area (Å²) >= 11 is 7.17. The summed E-state index contributed by atoms with van der Waals surface area (Å²) in [4.78, 5) is 26.5. The first kappa shape index (κ1) is 14.4. The topological polar surface area (TPSA) is 85.1 Å². The minimum absolute atomic E-state index is 0.0640. The average molecular weight is 312 g/mol. The Morgan fingerprint density at radius 1 is 1.55 bits per heavy atom. The summed E-state index contributed by atoms with van der Waals surface area (Å²) in [6.45, 7) is 1.76. The number of rotatable bonds is 4. The Balaban J connectivity index is 2.26. The molecule has 6 nitrogen and oxygen atoms in total. The van der Waals surface area contributed by atoms with Crippen molar-refractivity contribution in [2.75, 3.05) is 0 Å². The second kappa shape index (κ2) is 5.98. The quantitative estimate of drug-likeness (QED) is 0.694. The lowest BCUT2D eigenvalue weighted by atomic mass is 10.1. The van der Waals surface area contributed by atoms with Crippen LogP contribution in [0.15, 0.2) is 29.8 Å². The summed E-state index contributed by atoms with van der Waals surface area (Å²) in [5, 5.41) is 16.1. The fourth-order valence-electron chi connectivity index (χ4n) is 1.67. The molecule has 2 aromatic rings. The van der Waals surface area contributed by atoms with Gasteiger partial charge in [0.15, 0.2) is 0 Å². The van der Waals surface area contributed by atoms with Crippen LogP contribution in [0.3, 0.4) is 0 Å². The van der Waals surface area contributed by atoms with Crippen LogP contribution in [-0.4, -0.2) is 15.8 Å². The molecule has 0 spiro atoms. The highest BCUT2D eigenvalue weighted by molar-refractivity contribution is 7.09. The van der Waals surface area contributed by atoms with Gasteiger partial charge in [-0.1, -0.05) is 17.7 Å². The number of thiazole rings is 1. The maximum atomic E-state index is 12.1. The van der Waals surface area contributed by atoms with E-state index in [4.69, 9.17) is 11.6 Å². The van der Waals surface area contributed by atoms with E-state index in [1.54, 1.807) is 18.5 Å². The first-order valence-corrected chi connectivity index (χ1v) is 6.89. The van der Waals surface area contributed by atoms with Gasteiger partial charge in [-0.05, 0) is 19.1 Å². The highest BCUT2D eigenvalue weighted by atomic mass is 35.5. The van der Waals surface area contributed by atoms with E-state index in [0.29, 0.717) is 0 Å². The molecule has 20 heavy (non-hydrogen) atoms. The number of nitrogens with one attached hydrogen (secondary N) is 1. The van der Waals surface area contributed by atoms with Crippen LogP contribution in [-0.2, 0) is 0 Å². The van der Waals surface area contributed by atoms with Crippen LogP contribution in [0.4, 0.5) is 5.69 Å². The van der Waals surface area contributed by atoms with Crippen molar-refractivity contribution in [1.82, 2.24) is 10.3 Å². The zero-order valence-corrected chi connectivity index (χ0v) is 11.9. The lowest BCUT2D eigenvalue weighted by Gasteiger charge is -2.11. The molecular weight excluding hydrogens is 302 g/mol. The van der Waals surface area contributed by atoms with Crippen LogP contribution in [0.5, 0.6) is 0 Å². The number of benzene rings is 1. The molecule has 0 aliphatic carbocycles.